The maximum atomic E-state index is 11.9. The van der Waals surface area contributed by atoms with Crippen LogP contribution in [-0.4, -0.2) is 25.0 Å². The minimum absolute atomic E-state index is 0.218. The van der Waals surface area contributed by atoms with Gasteiger partial charge >= 0.3 is 5.97 Å². The van der Waals surface area contributed by atoms with Gasteiger partial charge in [-0.1, -0.05) is 56.3 Å². The molecule has 0 amide bonds. The SMILES string of the molecule is Cc1ccc(C(C)C)cc1OCC(=O)OCC(=O)c1ccccc1. The van der Waals surface area contributed by atoms with E-state index in [9.17, 15) is 9.59 Å². The highest BCUT2D eigenvalue weighted by Gasteiger charge is 2.11. The van der Waals surface area contributed by atoms with E-state index in [2.05, 4.69) is 13.8 Å². The van der Waals surface area contributed by atoms with Crippen molar-refractivity contribution >= 4 is 11.8 Å². The van der Waals surface area contributed by atoms with E-state index in [1.54, 1.807) is 24.3 Å². The van der Waals surface area contributed by atoms with Crippen molar-refractivity contribution in [2.75, 3.05) is 13.2 Å². The van der Waals surface area contributed by atoms with Gasteiger partial charge in [-0.05, 0) is 30.0 Å². The molecule has 2 rings (SSSR count). The number of carbonyl (C=O) groups excluding carboxylic acids is 2. The molecule has 0 atom stereocenters. The lowest BCUT2D eigenvalue weighted by Gasteiger charge is -2.12. The van der Waals surface area contributed by atoms with Gasteiger partial charge in [-0.2, -0.15) is 0 Å². The Bertz CT molecular complexity index is 705. The van der Waals surface area contributed by atoms with Crippen LogP contribution in [0.1, 0.15) is 41.3 Å². The number of esters is 1. The van der Waals surface area contributed by atoms with Gasteiger partial charge in [0.25, 0.3) is 0 Å². The molecule has 0 aliphatic rings. The van der Waals surface area contributed by atoms with Gasteiger partial charge in [0.15, 0.2) is 19.0 Å². The molecule has 0 aromatic heterocycles. The molecule has 0 radical (unpaired) electrons. The average Bonchev–Trinajstić information content (AvgIpc) is 2.59. The molecule has 0 aliphatic carbocycles. The highest BCUT2D eigenvalue weighted by molar-refractivity contribution is 5.97. The van der Waals surface area contributed by atoms with Crippen LogP contribution in [0.3, 0.4) is 0 Å². The van der Waals surface area contributed by atoms with E-state index in [0.717, 1.165) is 11.1 Å². The van der Waals surface area contributed by atoms with Crippen molar-refractivity contribution in [3.63, 3.8) is 0 Å². The summed E-state index contributed by atoms with van der Waals surface area (Å²) in [5.41, 5.74) is 2.61. The largest absolute Gasteiger partial charge is 0.482 e. The number of ketones is 1. The van der Waals surface area contributed by atoms with Crippen LogP contribution in [0.5, 0.6) is 5.75 Å². The average molecular weight is 326 g/mol. The molecule has 4 heteroatoms. The van der Waals surface area contributed by atoms with E-state index in [0.29, 0.717) is 17.2 Å². The first-order chi connectivity index (χ1) is 11.5. The molecular weight excluding hydrogens is 304 g/mol. The second-order valence-corrected chi connectivity index (χ2v) is 5.92. The van der Waals surface area contributed by atoms with Gasteiger partial charge in [0.05, 0.1) is 0 Å². The summed E-state index contributed by atoms with van der Waals surface area (Å²) in [7, 11) is 0. The number of ether oxygens (including phenoxy) is 2. The fourth-order valence-corrected chi connectivity index (χ4v) is 2.16. The van der Waals surface area contributed by atoms with Crippen LogP contribution in [-0.2, 0) is 9.53 Å². The molecule has 2 aromatic carbocycles. The molecule has 0 spiro atoms. The Morgan fingerprint density at radius 1 is 1.00 bits per heavy atom. The van der Waals surface area contributed by atoms with Gasteiger partial charge < -0.3 is 9.47 Å². The van der Waals surface area contributed by atoms with Crippen LogP contribution in [0.2, 0.25) is 0 Å². The van der Waals surface area contributed by atoms with E-state index in [1.165, 1.54) is 0 Å². The first-order valence-corrected chi connectivity index (χ1v) is 7.94. The lowest BCUT2D eigenvalue weighted by Crippen LogP contribution is -2.19. The molecule has 126 valence electrons. The first-order valence-electron chi connectivity index (χ1n) is 7.94. The molecule has 2 aromatic rings. The number of carbonyl (C=O) groups is 2. The number of Topliss-reactive ketones (excluding diaryl/α,β-unsaturated/α-hetero) is 1. The van der Waals surface area contributed by atoms with Gasteiger partial charge in [-0.15, -0.1) is 0 Å². The summed E-state index contributed by atoms with van der Waals surface area (Å²) in [5, 5.41) is 0. The molecule has 0 saturated heterocycles. The van der Waals surface area contributed by atoms with Crippen molar-refractivity contribution in [2.45, 2.75) is 26.7 Å². The molecule has 0 fully saturated rings. The van der Waals surface area contributed by atoms with Crippen LogP contribution >= 0.6 is 0 Å². The van der Waals surface area contributed by atoms with Crippen molar-refractivity contribution in [1.29, 1.82) is 0 Å². The molecule has 0 bridgehead atoms. The second-order valence-electron chi connectivity index (χ2n) is 5.92. The Hall–Kier alpha value is -2.62. The number of aryl methyl sites for hydroxylation is 1. The summed E-state index contributed by atoms with van der Waals surface area (Å²) in [6.07, 6.45) is 0. The maximum absolute atomic E-state index is 11.9. The van der Waals surface area contributed by atoms with Gasteiger partial charge in [-0.25, -0.2) is 4.79 Å². The molecule has 0 saturated carbocycles. The zero-order valence-electron chi connectivity index (χ0n) is 14.2. The van der Waals surface area contributed by atoms with E-state index in [1.807, 2.05) is 31.2 Å². The summed E-state index contributed by atoms with van der Waals surface area (Å²) in [6.45, 7) is 5.61. The Balaban J connectivity index is 1.85. The zero-order chi connectivity index (χ0) is 17.5. The maximum Gasteiger partial charge on any atom is 0.344 e. The molecule has 0 unspecified atom stereocenters. The standard InChI is InChI=1S/C20H22O4/c1-14(2)17-10-9-15(3)19(11-17)23-13-20(22)24-12-18(21)16-7-5-4-6-8-16/h4-11,14H,12-13H2,1-3H3. The molecule has 24 heavy (non-hydrogen) atoms. The molecule has 0 N–H and O–H groups in total. The lowest BCUT2D eigenvalue weighted by atomic mass is 10.0. The number of benzene rings is 2. The molecule has 4 nitrogen and oxygen atoms in total. The van der Waals surface area contributed by atoms with E-state index in [-0.39, 0.29) is 19.0 Å². The summed E-state index contributed by atoms with van der Waals surface area (Å²) in [5.74, 6) is 0.242. The fourth-order valence-electron chi connectivity index (χ4n) is 2.16. The molecular formula is C20H22O4. The summed E-state index contributed by atoms with van der Waals surface area (Å²) in [4.78, 5) is 23.7. The Labute approximate surface area is 142 Å². The van der Waals surface area contributed by atoms with Crippen molar-refractivity contribution in [3.8, 4) is 5.75 Å². The highest BCUT2D eigenvalue weighted by atomic mass is 16.6. The van der Waals surface area contributed by atoms with Crippen molar-refractivity contribution in [2.24, 2.45) is 0 Å². The number of rotatable bonds is 7. The van der Waals surface area contributed by atoms with Crippen LogP contribution in [0.4, 0.5) is 0 Å². The van der Waals surface area contributed by atoms with Crippen molar-refractivity contribution in [3.05, 3.63) is 65.2 Å². The predicted molar refractivity (Wildman–Crippen MR) is 92.5 cm³/mol. The third kappa shape index (κ3) is 4.95. The van der Waals surface area contributed by atoms with E-state index in [4.69, 9.17) is 9.47 Å². The van der Waals surface area contributed by atoms with Gasteiger partial charge in [-0.3, -0.25) is 4.79 Å². The minimum Gasteiger partial charge on any atom is -0.482 e. The van der Waals surface area contributed by atoms with Gasteiger partial charge in [0.2, 0.25) is 0 Å². The predicted octanol–water partition coefficient (Wildman–Crippen LogP) is 3.92. The lowest BCUT2D eigenvalue weighted by molar-refractivity contribution is -0.144. The quantitative estimate of drug-likeness (QED) is 0.571. The molecule has 0 aliphatic heterocycles. The monoisotopic (exact) mass is 326 g/mol. The van der Waals surface area contributed by atoms with Gasteiger partial charge in [0.1, 0.15) is 5.75 Å². The summed E-state index contributed by atoms with van der Waals surface area (Å²) in [6, 6.07) is 14.7. The molecule has 0 heterocycles. The smallest absolute Gasteiger partial charge is 0.344 e. The van der Waals surface area contributed by atoms with E-state index < -0.39 is 5.97 Å². The Morgan fingerprint density at radius 3 is 2.38 bits per heavy atom. The van der Waals surface area contributed by atoms with Crippen molar-refractivity contribution in [1.82, 2.24) is 0 Å². The van der Waals surface area contributed by atoms with Gasteiger partial charge in [0, 0.05) is 5.56 Å². The van der Waals surface area contributed by atoms with Crippen LogP contribution in [0.25, 0.3) is 0 Å². The van der Waals surface area contributed by atoms with Crippen LogP contribution < -0.4 is 4.74 Å². The van der Waals surface area contributed by atoms with Crippen LogP contribution in [0.15, 0.2) is 48.5 Å². The Morgan fingerprint density at radius 2 is 1.71 bits per heavy atom. The topological polar surface area (TPSA) is 52.6 Å². The Kier molecular flexibility index (Phi) is 6.13. The fraction of sp³-hybridized carbons (Fsp3) is 0.300. The number of hydrogen-bond donors (Lipinski definition) is 0. The third-order valence-corrected chi connectivity index (χ3v) is 3.68. The second kappa shape index (κ2) is 8.29. The third-order valence-electron chi connectivity index (χ3n) is 3.68. The normalized spacial score (nSPS) is 10.5. The first kappa shape index (κ1) is 17.7. The van der Waals surface area contributed by atoms with Crippen molar-refractivity contribution < 1.29 is 19.1 Å². The van der Waals surface area contributed by atoms with Crippen LogP contribution in [0, 0.1) is 6.92 Å². The van der Waals surface area contributed by atoms with E-state index >= 15 is 0 Å². The minimum atomic E-state index is -0.561. The highest BCUT2D eigenvalue weighted by Crippen LogP contribution is 2.24. The zero-order valence-corrected chi connectivity index (χ0v) is 14.2. The summed E-state index contributed by atoms with van der Waals surface area (Å²) >= 11 is 0. The summed E-state index contributed by atoms with van der Waals surface area (Å²) < 4.78 is 10.5. The number of hydrogen-bond acceptors (Lipinski definition) is 4.